The van der Waals surface area contributed by atoms with E-state index >= 15 is 0 Å². The third kappa shape index (κ3) is 3.53. The summed E-state index contributed by atoms with van der Waals surface area (Å²) >= 11 is 1.46. The first-order chi connectivity index (χ1) is 11.6. The highest BCUT2D eigenvalue weighted by molar-refractivity contribution is 7.92. The van der Waals surface area contributed by atoms with Crippen LogP contribution in [0.1, 0.15) is 22.7 Å². The summed E-state index contributed by atoms with van der Waals surface area (Å²) in [5, 5.41) is 6.09. The molecule has 3 rings (SSSR count). The highest BCUT2D eigenvalue weighted by atomic mass is 32.2. The first-order valence-electron chi connectivity index (χ1n) is 7.86. The zero-order chi connectivity index (χ0) is 18.4. The molecular formula is C15H21N3O4S3. The number of aromatic nitrogens is 2. The van der Waals surface area contributed by atoms with E-state index in [1.807, 2.05) is 17.5 Å². The van der Waals surface area contributed by atoms with Gasteiger partial charge in [-0.25, -0.2) is 16.8 Å². The maximum atomic E-state index is 13.4. The van der Waals surface area contributed by atoms with Crippen LogP contribution in [0.2, 0.25) is 0 Å². The number of hydrogen-bond donors (Lipinski definition) is 0. The van der Waals surface area contributed by atoms with Crippen LogP contribution in [-0.2, 0) is 33.5 Å². The second-order valence-corrected chi connectivity index (χ2v) is 11.4. The molecule has 0 aromatic carbocycles. The van der Waals surface area contributed by atoms with Crippen molar-refractivity contribution in [3.63, 3.8) is 0 Å². The molecule has 0 spiro atoms. The van der Waals surface area contributed by atoms with Crippen molar-refractivity contribution in [1.29, 1.82) is 0 Å². The Morgan fingerprint density at radius 2 is 2.12 bits per heavy atom. The van der Waals surface area contributed by atoms with Crippen molar-refractivity contribution in [3.05, 3.63) is 33.8 Å². The first-order valence-corrected chi connectivity index (χ1v) is 12.0. The molecule has 1 aliphatic rings. The lowest BCUT2D eigenvalue weighted by Gasteiger charge is -2.27. The Morgan fingerprint density at radius 3 is 2.60 bits per heavy atom. The molecule has 0 radical (unpaired) electrons. The van der Waals surface area contributed by atoms with Crippen LogP contribution >= 0.6 is 11.3 Å². The normalized spacial score (nSPS) is 20.4. The fourth-order valence-electron chi connectivity index (χ4n) is 3.21. The molecule has 0 bridgehead atoms. The van der Waals surface area contributed by atoms with Gasteiger partial charge in [0.1, 0.15) is 4.90 Å². The van der Waals surface area contributed by atoms with E-state index < -0.39 is 25.9 Å². The van der Waals surface area contributed by atoms with E-state index in [2.05, 4.69) is 5.10 Å². The molecule has 0 aliphatic carbocycles. The lowest BCUT2D eigenvalue weighted by Crippen LogP contribution is -2.40. The summed E-state index contributed by atoms with van der Waals surface area (Å²) in [5.74, 6) is -0.102. The van der Waals surface area contributed by atoms with Gasteiger partial charge in [0.25, 0.3) is 0 Å². The van der Waals surface area contributed by atoms with Crippen molar-refractivity contribution in [2.24, 2.45) is 7.05 Å². The SMILES string of the molecule is Cc1nn(C)c(C)c1S(=O)(=O)N(Cc1cccs1)C1CCS(=O)(=O)C1. The second kappa shape index (κ2) is 6.49. The van der Waals surface area contributed by atoms with E-state index in [-0.39, 0.29) is 22.9 Å². The molecule has 2 aromatic heterocycles. The molecule has 0 N–H and O–H groups in total. The van der Waals surface area contributed by atoms with E-state index in [9.17, 15) is 16.8 Å². The van der Waals surface area contributed by atoms with Crippen LogP contribution in [0, 0.1) is 13.8 Å². The Morgan fingerprint density at radius 1 is 1.40 bits per heavy atom. The Labute approximate surface area is 152 Å². The van der Waals surface area contributed by atoms with Gasteiger partial charge in [0, 0.05) is 24.5 Å². The van der Waals surface area contributed by atoms with Gasteiger partial charge in [-0.05, 0) is 31.7 Å². The van der Waals surface area contributed by atoms with Crippen molar-refractivity contribution in [2.75, 3.05) is 11.5 Å². The third-order valence-electron chi connectivity index (χ3n) is 4.52. The van der Waals surface area contributed by atoms with E-state index in [0.29, 0.717) is 17.8 Å². The molecule has 0 amide bonds. The second-order valence-electron chi connectivity index (χ2n) is 6.31. The molecule has 3 heterocycles. The van der Waals surface area contributed by atoms with Crippen LogP contribution in [-0.4, -0.2) is 48.5 Å². The molecule has 1 aliphatic heterocycles. The largest absolute Gasteiger partial charge is 0.271 e. The smallest absolute Gasteiger partial charge is 0.247 e. The maximum Gasteiger partial charge on any atom is 0.247 e. The molecular weight excluding hydrogens is 382 g/mol. The molecule has 1 atom stereocenters. The quantitative estimate of drug-likeness (QED) is 0.754. The van der Waals surface area contributed by atoms with Gasteiger partial charge in [-0.2, -0.15) is 9.40 Å². The van der Waals surface area contributed by atoms with E-state index in [0.717, 1.165) is 4.88 Å². The van der Waals surface area contributed by atoms with Gasteiger partial charge in [-0.15, -0.1) is 11.3 Å². The summed E-state index contributed by atoms with van der Waals surface area (Å²) in [6, 6.07) is 3.17. The monoisotopic (exact) mass is 403 g/mol. The molecule has 1 unspecified atom stereocenters. The van der Waals surface area contributed by atoms with Crippen LogP contribution in [0.5, 0.6) is 0 Å². The van der Waals surface area contributed by atoms with Gasteiger partial charge >= 0.3 is 0 Å². The lowest BCUT2D eigenvalue weighted by atomic mass is 10.2. The Kier molecular flexibility index (Phi) is 4.82. The lowest BCUT2D eigenvalue weighted by molar-refractivity contribution is 0.336. The van der Waals surface area contributed by atoms with Crippen molar-refractivity contribution >= 4 is 31.2 Å². The van der Waals surface area contributed by atoms with Crippen LogP contribution in [0.4, 0.5) is 0 Å². The van der Waals surface area contributed by atoms with Gasteiger partial charge in [0.2, 0.25) is 10.0 Å². The summed E-state index contributed by atoms with van der Waals surface area (Å²) in [6.07, 6.45) is 0.325. The molecule has 1 saturated heterocycles. The Bertz CT molecular complexity index is 976. The van der Waals surface area contributed by atoms with Gasteiger partial charge < -0.3 is 0 Å². The molecule has 1 fully saturated rings. The molecule has 10 heteroatoms. The number of sulfonamides is 1. The average molecular weight is 404 g/mol. The zero-order valence-electron chi connectivity index (χ0n) is 14.3. The molecule has 2 aromatic rings. The summed E-state index contributed by atoms with van der Waals surface area (Å²) in [6.45, 7) is 3.55. The minimum Gasteiger partial charge on any atom is -0.271 e. The van der Waals surface area contributed by atoms with Crippen molar-refractivity contribution in [3.8, 4) is 0 Å². The molecule has 138 valence electrons. The number of hydrogen-bond acceptors (Lipinski definition) is 6. The maximum absolute atomic E-state index is 13.4. The topological polar surface area (TPSA) is 89.3 Å². The Balaban J connectivity index is 2.07. The number of nitrogens with zero attached hydrogens (tertiary/aromatic N) is 3. The first kappa shape index (κ1) is 18.6. The predicted molar refractivity (Wildman–Crippen MR) is 96.8 cm³/mol. The standard InChI is InChI=1S/C15H21N3O4S3/c1-11-15(12(2)17(3)16-11)25(21,22)18(9-14-5-4-7-23-14)13-6-8-24(19,20)10-13/h4-5,7,13H,6,8-10H2,1-3H3. The summed E-state index contributed by atoms with van der Waals surface area (Å²) in [7, 11) is -5.36. The fourth-order valence-corrected chi connectivity index (χ4v) is 7.86. The van der Waals surface area contributed by atoms with Gasteiger partial charge in [0.05, 0.1) is 22.9 Å². The molecule has 0 saturated carbocycles. The van der Waals surface area contributed by atoms with Gasteiger partial charge in [-0.3, -0.25) is 4.68 Å². The van der Waals surface area contributed by atoms with Crippen LogP contribution < -0.4 is 0 Å². The summed E-state index contributed by atoms with van der Waals surface area (Å²) < 4.78 is 53.5. The minimum absolute atomic E-state index is 0.0269. The van der Waals surface area contributed by atoms with E-state index in [1.165, 1.54) is 20.3 Å². The van der Waals surface area contributed by atoms with Crippen molar-refractivity contribution in [1.82, 2.24) is 14.1 Å². The van der Waals surface area contributed by atoms with Crippen LogP contribution in [0.25, 0.3) is 0 Å². The number of thiophene rings is 1. The summed E-state index contributed by atoms with van der Waals surface area (Å²) in [5.41, 5.74) is 0.978. The van der Waals surface area contributed by atoms with Gasteiger partial charge in [-0.1, -0.05) is 6.07 Å². The Hall–Kier alpha value is -1.23. The number of sulfone groups is 1. The minimum atomic E-state index is -3.86. The van der Waals surface area contributed by atoms with E-state index in [4.69, 9.17) is 0 Å². The number of aryl methyl sites for hydroxylation is 2. The van der Waals surface area contributed by atoms with Crippen molar-refractivity contribution in [2.45, 2.75) is 37.8 Å². The third-order valence-corrected chi connectivity index (χ3v) is 9.28. The van der Waals surface area contributed by atoms with Gasteiger partial charge in [0.15, 0.2) is 9.84 Å². The zero-order valence-corrected chi connectivity index (χ0v) is 16.8. The van der Waals surface area contributed by atoms with Crippen LogP contribution in [0.3, 0.4) is 0 Å². The van der Waals surface area contributed by atoms with Crippen LogP contribution in [0.15, 0.2) is 22.4 Å². The number of rotatable bonds is 5. The fraction of sp³-hybridized carbons (Fsp3) is 0.533. The van der Waals surface area contributed by atoms with E-state index in [1.54, 1.807) is 20.9 Å². The highest BCUT2D eigenvalue weighted by Gasteiger charge is 2.40. The molecule has 25 heavy (non-hydrogen) atoms. The van der Waals surface area contributed by atoms with Crippen molar-refractivity contribution < 1.29 is 16.8 Å². The highest BCUT2D eigenvalue weighted by Crippen LogP contribution is 2.30. The average Bonchev–Trinajstić information content (AvgIpc) is 3.18. The predicted octanol–water partition coefficient (Wildman–Crippen LogP) is 1.48. The molecule has 7 nitrogen and oxygen atoms in total. The summed E-state index contributed by atoms with van der Waals surface area (Å²) in [4.78, 5) is 1.06.